The molecule has 8 nitrogen and oxygen atoms in total. The minimum Gasteiger partial charge on any atom is -0.464 e. The Bertz CT molecular complexity index is 1520. The lowest BCUT2D eigenvalue weighted by atomic mass is 10.1. The Morgan fingerprint density at radius 3 is 2.22 bits per heavy atom. The van der Waals surface area contributed by atoms with Crippen LogP contribution >= 0.6 is 0 Å². The number of hydrogen-bond donors (Lipinski definition) is 1. The van der Waals surface area contributed by atoms with Gasteiger partial charge in [0.25, 0.3) is 10.0 Å². The molecule has 2 aromatic carbocycles. The van der Waals surface area contributed by atoms with Crippen molar-refractivity contribution in [1.29, 1.82) is 0 Å². The van der Waals surface area contributed by atoms with Gasteiger partial charge in [-0.25, -0.2) is 22.5 Å². The van der Waals surface area contributed by atoms with E-state index in [4.69, 9.17) is 4.98 Å². The molecule has 0 unspecified atom stereocenters. The van der Waals surface area contributed by atoms with E-state index < -0.39 is 16.1 Å². The van der Waals surface area contributed by atoms with E-state index in [-0.39, 0.29) is 23.8 Å². The van der Waals surface area contributed by atoms with Gasteiger partial charge in [-0.2, -0.15) is 0 Å². The number of carbonyl (C=O) groups is 1. The van der Waals surface area contributed by atoms with E-state index in [1.807, 2.05) is 51.1 Å². The van der Waals surface area contributed by atoms with Crippen LogP contribution in [0.2, 0.25) is 0 Å². The van der Waals surface area contributed by atoms with Gasteiger partial charge in [0.1, 0.15) is 11.3 Å². The van der Waals surface area contributed by atoms with Crippen molar-refractivity contribution in [2.45, 2.75) is 51.9 Å². The number of fused-ring (bicyclic) bond motifs is 1. The van der Waals surface area contributed by atoms with E-state index in [1.165, 1.54) is 12.1 Å². The summed E-state index contributed by atoms with van der Waals surface area (Å²) in [7, 11) is -4.16. The first-order chi connectivity index (χ1) is 17.0. The van der Waals surface area contributed by atoms with Gasteiger partial charge >= 0.3 is 6.09 Å². The molecule has 0 spiro atoms. The van der Waals surface area contributed by atoms with Crippen molar-refractivity contribution in [3.8, 4) is 5.69 Å². The number of aromatic nitrogens is 3. The molecule has 36 heavy (non-hydrogen) atoms. The second-order valence-corrected chi connectivity index (χ2v) is 11.1. The van der Waals surface area contributed by atoms with Crippen molar-refractivity contribution in [2.24, 2.45) is 0 Å². The number of carboxylic acid groups (broad SMARTS) is 1. The second-order valence-electron chi connectivity index (χ2n) is 9.27. The molecule has 0 aliphatic heterocycles. The van der Waals surface area contributed by atoms with Crippen LogP contribution in [0.5, 0.6) is 0 Å². The quantitative estimate of drug-likeness (QED) is 0.361. The maximum atomic E-state index is 12.9. The fraction of sp³-hybridized carbons (Fsp3) is 0.296. The van der Waals surface area contributed by atoms with Gasteiger partial charge in [-0.05, 0) is 63.1 Å². The van der Waals surface area contributed by atoms with Gasteiger partial charge in [0.15, 0.2) is 0 Å². The highest BCUT2D eigenvalue weighted by Crippen LogP contribution is 2.28. The monoisotopic (exact) mass is 506 g/mol. The Kier molecular flexibility index (Phi) is 6.86. The lowest BCUT2D eigenvalue weighted by Crippen LogP contribution is -2.37. The number of hydrogen-bond acceptors (Lipinski definition) is 5. The third-order valence-corrected chi connectivity index (χ3v) is 7.90. The van der Waals surface area contributed by atoms with Gasteiger partial charge < -0.3 is 5.11 Å². The zero-order chi connectivity index (χ0) is 26.2. The predicted molar refractivity (Wildman–Crippen MR) is 139 cm³/mol. The van der Waals surface area contributed by atoms with E-state index in [9.17, 15) is 18.3 Å². The Balaban J connectivity index is 1.61. The summed E-state index contributed by atoms with van der Waals surface area (Å²) in [5, 5.41) is 9.63. The zero-order valence-corrected chi connectivity index (χ0v) is 21.9. The van der Waals surface area contributed by atoms with Gasteiger partial charge in [0.05, 0.1) is 16.1 Å². The topological polar surface area (TPSA) is 105 Å². The molecule has 4 rings (SSSR count). The summed E-state index contributed by atoms with van der Waals surface area (Å²) in [6.45, 7) is 9.76. The van der Waals surface area contributed by atoms with Crippen molar-refractivity contribution in [1.82, 2.24) is 18.8 Å². The van der Waals surface area contributed by atoms with Crippen LogP contribution in [0.4, 0.5) is 4.79 Å². The van der Waals surface area contributed by atoms with Gasteiger partial charge in [-0.15, -0.1) is 0 Å². The molecule has 0 aliphatic rings. The average molecular weight is 507 g/mol. The van der Waals surface area contributed by atoms with Crippen molar-refractivity contribution >= 4 is 27.1 Å². The summed E-state index contributed by atoms with van der Waals surface area (Å²) in [4.78, 5) is 21.2. The van der Waals surface area contributed by atoms with Crippen LogP contribution in [0.15, 0.2) is 59.5 Å². The van der Waals surface area contributed by atoms with Gasteiger partial charge in [-0.3, -0.25) is 9.55 Å². The molecule has 0 radical (unpaired) electrons. The first-order valence-electron chi connectivity index (χ1n) is 11.8. The first kappa shape index (κ1) is 25.4. The van der Waals surface area contributed by atoms with Crippen molar-refractivity contribution in [2.75, 3.05) is 6.54 Å². The van der Waals surface area contributed by atoms with Crippen LogP contribution in [0.1, 0.15) is 48.1 Å². The fourth-order valence-electron chi connectivity index (χ4n) is 4.26. The van der Waals surface area contributed by atoms with Gasteiger partial charge in [0, 0.05) is 23.8 Å². The summed E-state index contributed by atoms with van der Waals surface area (Å²) >= 11 is 0. The largest absolute Gasteiger partial charge is 0.464 e. The molecule has 9 heteroatoms. The first-order valence-corrected chi connectivity index (χ1v) is 13.2. The molecule has 0 aliphatic carbocycles. The molecule has 0 fully saturated rings. The van der Waals surface area contributed by atoms with Crippen LogP contribution in [0.3, 0.4) is 0 Å². The predicted octanol–water partition coefficient (Wildman–Crippen LogP) is 5.38. The molecule has 0 atom stereocenters. The summed E-state index contributed by atoms with van der Waals surface area (Å²) < 4.78 is 28.5. The highest BCUT2D eigenvalue weighted by Gasteiger charge is 2.28. The minimum atomic E-state index is -4.16. The normalized spacial score (nSPS) is 11.8. The standard InChI is InChI=1S/C27H30N4O4S/c1-17(2)26-29-25-20(5)28-19(4)16-24(25)31(26)22-10-8-21(9-11-22)14-15-30(27(32)33)36(34,35)23-12-6-18(3)7-13-23/h6-13,16-17H,14-15H2,1-5H3,(H,32,33). The minimum absolute atomic E-state index is 0.0425. The van der Waals surface area contributed by atoms with Crippen molar-refractivity contribution in [3.63, 3.8) is 0 Å². The molecule has 1 amide bonds. The van der Waals surface area contributed by atoms with Gasteiger partial charge in [-0.1, -0.05) is 43.7 Å². The highest BCUT2D eigenvalue weighted by molar-refractivity contribution is 7.89. The third-order valence-electron chi connectivity index (χ3n) is 6.11. The maximum absolute atomic E-state index is 12.9. The molecule has 188 valence electrons. The van der Waals surface area contributed by atoms with E-state index >= 15 is 0 Å². The smallest absolute Gasteiger partial charge is 0.421 e. The SMILES string of the molecule is Cc1ccc(S(=O)(=O)N(CCc2ccc(-n3c(C(C)C)nc4c(C)nc(C)cc43)cc2)C(=O)O)cc1. The Morgan fingerprint density at radius 1 is 1.00 bits per heavy atom. The van der Waals surface area contributed by atoms with E-state index in [0.717, 1.165) is 45.1 Å². The van der Waals surface area contributed by atoms with E-state index in [1.54, 1.807) is 12.1 Å². The molecule has 4 aromatic rings. The molecule has 0 saturated heterocycles. The summed E-state index contributed by atoms with van der Waals surface area (Å²) in [5.41, 5.74) is 6.29. The number of benzene rings is 2. The molecule has 2 aromatic heterocycles. The van der Waals surface area contributed by atoms with Crippen molar-refractivity contribution in [3.05, 3.63) is 82.9 Å². The van der Waals surface area contributed by atoms with E-state index in [0.29, 0.717) is 4.31 Å². The van der Waals surface area contributed by atoms with Crippen LogP contribution in [0, 0.1) is 20.8 Å². The maximum Gasteiger partial charge on any atom is 0.421 e. The summed E-state index contributed by atoms with van der Waals surface area (Å²) in [6.07, 6.45) is -1.25. The number of aryl methyl sites for hydroxylation is 3. The van der Waals surface area contributed by atoms with Crippen molar-refractivity contribution < 1.29 is 18.3 Å². The molecule has 1 N–H and O–H groups in total. The Hall–Kier alpha value is -3.72. The molecule has 2 heterocycles. The molecule has 0 saturated carbocycles. The molecular weight excluding hydrogens is 476 g/mol. The van der Waals surface area contributed by atoms with Crippen LogP contribution in [0.25, 0.3) is 16.7 Å². The second kappa shape index (κ2) is 9.73. The zero-order valence-electron chi connectivity index (χ0n) is 21.1. The number of amides is 1. The lowest BCUT2D eigenvalue weighted by Gasteiger charge is -2.19. The van der Waals surface area contributed by atoms with Crippen LogP contribution in [-0.2, 0) is 16.4 Å². The van der Waals surface area contributed by atoms with Crippen LogP contribution in [-0.4, -0.2) is 45.0 Å². The highest BCUT2D eigenvalue weighted by atomic mass is 32.2. The number of pyridine rings is 1. The average Bonchev–Trinajstić information content (AvgIpc) is 3.19. The number of sulfonamides is 1. The Morgan fingerprint density at radius 2 is 1.64 bits per heavy atom. The number of nitrogens with zero attached hydrogens (tertiary/aromatic N) is 4. The molecule has 0 bridgehead atoms. The lowest BCUT2D eigenvalue weighted by molar-refractivity contribution is 0.172. The molecular formula is C27H30N4O4S. The van der Waals surface area contributed by atoms with Gasteiger partial charge in [0.2, 0.25) is 0 Å². The van der Waals surface area contributed by atoms with E-state index in [2.05, 4.69) is 23.4 Å². The summed E-state index contributed by atoms with van der Waals surface area (Å²) in [5.74, 6) is 1.11. The summed E-state index contributed by atoms with van der Waals surface area (Å²) in [6, 6.07) is 15.9. The number of imidazole rings is 1. The number of rotatable bonds is 7. The third kappa shape index (κ3) is 4.83. The Labute approximate surface area is 211 Å². The fourth-order valence-corrected chi connectivity index (χ4v) is 5.53. The van der Waals surface area contributed by atoms with Crippen LogP contribution < -0.4 is 0 Å².